The number of nitrogens with zero attached hydrogens (tertiary/aromatic N) is 1. The topological polar surface area (TPSA) is 58.6 Å². The quantitative estimate of drug-likeness (QED) is 0.891. The molecular weight excluding hydrogens is 256 g/mol. The minimum Gasteiger partial charge on any atom is -0.481 e. The monoisotopic (exact) mass is 276 g/mol. The van der Waals surface area contributed by atoms with Crippen LogP contribution in [0.3, 0.4) is 0 Å². The lowest BCUT2D eigenvalue weighted by Gasteiger charge is -2.39. The Hall–Kier alpha value is -2.04. The van der Waals surface area contributed by atoms with Crippen LogP contribution in [-0.2, 0) is 9.59 Å². The van der Waals surface area contributed by atoms with E-state index in [4.69, 9.17) is 4.74 Å². The maximum absolute atomic E-state index is 12.1. The summed E-state index contributed by atoms with van der Waals surface area (Å²) in [4.78, 5) is 25.2. The van der Waals surface area contributed by atoms with E-state index in [1.165, 1.54) is 0 Å². The standard InChI is InChI=1S/C15H20N2O3/c1-10-5-4-6-13(7-10)20-11(2)15(19)17-8-12(9-17)14(18)16-3/h4-7,11-12H,8-9H2,1-3H3,(H,16,18). The molecule has 5 nitrogen and oxygen atoms in total. The summed E-state index contributed by atoms with van der Waals surface area (Å²) in [6.07, 6.45) is -0.539. The highest BCUT2D eigenvalue weighted by atomic mass is 16.5. The number of likely N-dealkylation sites (tertiary alicyclic amines) is 1. The van der Waals surface area contributed by atoms with Crippen molar-refractivity contribution in [2.45, 2.75) is 20.0 Å². The van der Waals surface area contributed by atoms with Gasteiger partial charge in [-0.1, -0.05) is 12.1 Å². The molecule has 5 heteroatoms. The third-order valence-electron chi connectivity index (χ3n) is 3.46. The maximum atomic E-state index is 12.1. The Morgan fingerprint density at radius 2 is 2.10 bits per heavy atom. The first kappa shape index (κ1) is 14.4. The first-order chi connectivity index (χ1) is 9.51. The number of carbonyl (C=O) groups is 2. The van der Waals surface area contributed by atoms with Crippen LogP contribution in [0.2, 0.25) is 0 Å². The van der Waals surface area contributed by atoms with Crippen LogP contribution in [0.15, 0.2) is 24.3 Å². The largest absolute Gasteiger partial charge is 0.481 e. The van der Waals surface area contributed by atoms with Crippen molar-refractivity contribution in [2.75, 3.05) is 20.1 Å². The lowest BCUT2D eigenvalue weighted by molar-refractivity contribution is -0.148. The van der Waals surface area contributed by atoms with Crippen molar-refractivity contribution in [3.63, 3.8) is 0 Å². The first-order valence-corrected chi connectivity index (χ1v) is 6.75. The molecule has 0 aliphatic carbocycles. The summed E-state index contributed by atoms with van der Waals surface area (Å²) in [5.74, 6) is 0.511. The molecule has 20 heavy (non-hydrogen) atoms. The molecule has 1 saturated heterocycles. The van der Waals surface area contributed by atoms with Gasteiger partial charge in [-0.15, -0.1) is 0 Å². The van der Waals surface area contributed by atoms with Gasteiger partial charge in [0, 0.05) is 20.1 Å². The van der Waals surface area contributed by atoms with Crippen LogP contribution < -0.4 is 10.1 Å². The van der Waals surface area contributed by atoms with Gasteiger partial charge in [0.05, 0.1) is 5.92 Å². The lowest BCUT2D eigenvalue weighted by Crippen LogP contribution is -2.57. The molecule has 2 amide bonds. The van der Waals surface area contributed by atoms with Crippen LogP contribution in [0.5, 0.6) is 5.75 Å². The molecule has 1 aliphatic heterocycles. The molecule has 1 atom stereocenters. The summed E-state index contributed by atoms with van der Waals surface area (Å²) in [6, 6.07) is 7.60. The third-order valence-corrected chi connectivity index (χ3v) is 3.46. The van der Waals surface area contributed by atoms with Gasteiger partial charge >= 0.3 is 0 Å². The van der Waals surface area contributed by atoms with Gasteiger partial charge in [-0.25, -0.2) is 0 Å². The number of nitrogens with one attached hydrogen (secondary N) is 1. The van der Waals surface area contributed by atoms with E-state index >= 15 is 0 Å². The van der Waals surface area contributed by atoms with Gasteiger partial charge in [-0.2, -0.15) is 0 Å². The van der Waals surface area contributed by atoms with Gasteiger partial charge in [-0.05, 0) is 31.5 Å². The second-order valence-electron chi connectivity index (χ2n) is 5.13. The van der Waals surface area contributed by atoms with Gasteiger partial charge in [0.25, 0.3) is 5.91 Å². The van der Waals surface area contributed by atoms with Crippen molar-refractivity contribution in [1.82, 2.24) is 10.2 Å². The highest BCUT2D eigenvalue weighted by molar-refractivity contribution is 5.86. The highest BCUT2D eigenvalue weighted by Gasteiger charge is 2.37. The van der Waals surface area contributed by atoms with E-state index in [2.05, 4.69) is 5.32 Å². The van der Waals surface area contributed by atoms with Crippen LogP contribution in [-0.4, -0.2) is 43.0 Å². The zero-order chi connectivity index (χ0) is 14.7. The number of aryl methyl sites for hydroxylation is 1. The third kappa shape index (κ3) is 3.10. The molecule has 0 aromatic heterocycles. The van der Waals surface area contributed by atoms with E-state index in [0.29, 0.717) is 18.8 Å². The van der Waals surface area contributed by atoms with Crippen molar-refractivity contribution in [1.29, 1.82) is 0 Å². The van der Waals surface area contributed by atoms with Crippen LogP contribution in [0.4, 0.5) is 0 Å². The summed E-state index contributed by atoms with van der Waals surface area (Å²) < 4.78 is 5.64. The van der Waals surface area contributed by atoms with Crippen molar-refractivity contribution in [3.05, 3.63) is 29.8 Å². The number of carbonyl (C=O) groups excluding carboxylic acids is 2. The Morgan fingerprint density at radius 3 is 2.70 bits per heavy atom. The number of hydrogen-bond donors (Lipinski definition) is 1. The Bertz CT molecular complexity index is 510. The molecule has 1 unspecified atom stereocenters. The van der Waals surface area contributed by atoms with Crippen molar-refractivity contribution in [3.8, 4) is 5.75 Å². The summed E-state index contributed by atoms with van der Waals surface area (Å²) >= 11 is 0. The van der Waals surface area contributed by atoms with E-state index in [1.54, 1.807) is 18.9 Å². The molecule has 2 rings (SSSR count). The van der Waals surface area contributed by atoms with Crippen molar-refractivity contribution >= 4 is 11.8 Å². The first-order valence-electron chi connectivity index (χ1n) is 6.75. The fourth-order valence-electron chi connectivity index (χ4n) is 2.23. The molecule has 1 heterocycles. The van der Waals surface area contributed by atoms with Crippen LogP contribution in [0, 0.1) is 12.8 Å². The molecule has 0 saturated carbocycles. The average molecular weight is 276 g/mol. The summed E-state index contributed by atoms with van der Waals surface area (Å²) in [5.41, 5.74) is 1.09. The fraction of sp³-hybridized carbons (Fsp3) is 0.467. The molecule has 1 N–H and O–H groups in total. The minimum absolute atomic E-state index is 0.0127. The Morgan fingerprint density at radius 1 is 1.40 bits per heavy atom. The van der Waals surface area contributed by atoms with Crippen LogP contribution in [0.1, 0.15) is 12.5 Å². The summed E-state index contributed by atoms with van der Waals surface area (Å²) in [5, 5.41) is 2.59. The van der Waals surface area contributed by atoms with Gasteiger partial charge in [0.1, 0.15) is 5.75 Å². The zero-order valence-corrected chi connectivity index (χ0v) is 12.1. The number of benzene rings is 1. The molecule has 0 bridgehead atoms. The minimum atomic E-state index is -0.539. The molecule has 108 valence electrons. The number of rotatable bonds is 4. The smallest absolute Gasteiger partial charge is 0.263 e. The fourth-order valence-corrected chi connectivity index (χ4v) is 2.23. The van der Waals surface area contributed by atoms with E-state index in [1.807, 2.05) is 31.2 Å². The number of ether oxygens (including phenoxy) is 1. The summed E-state index contributed by atoms with van der Waals surface area (Å²) in [6.45, 7) is 4.65. The highest BCUT2D eigenvalue weighted by Crippen LogP contribution is 2.19. The Labute approximate surface area is 118 Å². The van der Waals surface area contributed by atoms with Gasteiger partial charge in [0.2, 0.25) is 5.91 Å². The zero-order valence-electron chi connectivity index (χ0n) is 12.1. The number of hydrogen-bond acceptors (Lipinski definition) is 3. The Balaban J connectivity index is 1.86. The second kappa shape index (κ2) is 5.94. The van der Waals surface area contributed by atoms with Crippen molar-refractivity contribution < 1.29 is 14.3 Å². The SMILES string of the molecule is CNC(=O)C1CN(C(=O)C(C)Oc2cccc(C)c2)C1. The second-order valence-corrected chi connectivity index (χ2v) is 5.13. The predicted molar refractivity (Wildman–Crippen MR) is 75.4 cm³/mol. The molecule has 1 aliphatic rings. The van der Waals surface area contributed by atoms with Crippen LogP contribution >= 0.6 is 0 Å². The van der Waals surface area contributed by atoms with Gasteiger partial charge in [0.15, 0.2) is 6.10 Å². The average Bonchev–Trinajstić information content (AvgIpc) is 2.36. The Kier molecular flexibility index (Phi) is 4.27. The van der Waals surface area contributed by atoms with E-state index < -0.39 is 6.10 Å². The molecule has 0 radical (unpaired) electrons. The summed E-state index contributed by atoms with van der Waals surface area (Å²) in [7, 11) is 1.61. The van der Waals surface area contributed by atoms with Crippen LogP contribution in [0.25, 0.3) is 0 Å². The van der Waals surface area contributed by atoms with Gasteiger partial charge < -0.3 is 15.0 Å². The molecule has 1 aromatic carbocycles. The lowest BCUT2D eigenvalue weighted by atomic mass is 9.98. The molecule has 1 aromatic rings. The predicted octanol–water partition coefficient (Wildman–Crippen LogP) is 0.967. The molecular formula is C15H20N2O3. The number of amides is 2. The van der Waals surface area contributed by atoms with E-state index in [-0.39, 0.29) is 17.7 Å². The van der Waals surface area contributed by atoms with Crippen molar-refractivity contribution in [2.24, 2.45) is 5.92 Å². The van der Waals surface area contributed by atoms with E-state index in [0.717, 1.165) is 5.56 Å². The molecule has 0 spiro atoms. The normalized spacial score (nSPS) is 16.2. The maximum Gasteiger partial charge on any atom is 0.263 e. The van der Waals surface area contributed by atoms with E-state index in [9.17, 15) is 9.59 Å². The molecule has 1 fully saturated rings. The van der Waals surface area contributed by atoms with Gasteiger partial charge in [-0.3, -0.25) is 9.59 Å².